The Morgan fingerprint density at radius 1 is 1.16 bits per heavy atom. The predicted molar refractivity (Wildman–Crippen MR) is 87.4 cm³/mol. The lowest BCUT2D eigenvalue weighted by Gasteiger charge is -2.16. The van der Waals surface area contributed by atoms with Crippen LogP contribution in [0.15, 0.2) is 0 Å². The second-order valence-corrected chi connectivity index (χ2v) is 6.07. The van der Waals surface area contributed by atoms with Crippen LogP contribution in [0.2, 0.25) is 0 Å². The highest BCUT2D eigenvalue weighted by atomic mass is 35.5. The zero-order valence-corrected chi connectivity index (χ0v) is 13.7. The van der Waals surface area contributed by atoms with E-state index >= 15 is 0 Å². The van der Waals surface area contributed by atoms with E-state index in [9.17, 15) is 4.79 Å². The van der Waals surface area contributed by atoms with E-state index in [0.29, 0.717) is 12.5 Å². The summed E-state index contributed by atoms with van der Waals surface area (Å²) in [5.74, 6) is 1.28. The molecule has 0 aromatic rings. The van der Waals surface area contributed by atoms with Gasteiger partial charge in [-0.3, -0.25) is 4.79 Å². The van der Waals surface area contributed by atoms with Crippen molar-refractivity contribution in [2.75, 3.05) is 25.1 Å². The molecule has 19 heavy (non-hydrogen) atoms. The number of thioether (sulfide) groups is 1. The average Bonchev–Trinajstić information content (AvgIpc) is 2.63. The molecule has 0 aliphatic heterocycles. The first-order valence-electron chi connectivity index (χ1n) is 7.32. The van der Waals surface area contributed by atoms with Crippen LogP contribution in [0.5, 0.6) is 0 Å². The molecular weight excluding hydrogens is 280 g/mol. The van der Waals surface area contributed by atoms with Gasteiger partial charge in [0.25, 0.3) is 0 Å². The van der Waals surface area contributed by atoms with Gasteiger partial charge in [0, 0.05) is 25.6 Å². The number of nitrogens with one attached hydrogen (secondary N) is 2. The van der Waals surface area contributed by atoms with Crippen molar-refractivity contribution in [3.05, 3.63) is 0 Å². The van der Waals surface area contributed by atoms with Crippen molar-refractivity contribution in [2.24, 2.45) is 0 Å². The predicted octanol–water partition coefficient (Wildman–Crippen LogP) is 2.98. The first-order valence-corrected chi connectivity index (χ1v) is 8.71. The highest BCUT2D eigenvalue weighted by molar-refractivity contribution is 7.98. The molecule has 114 valence electrons. The minimum absolute atomic E-state index is 0. The van der Waals surface area contributed by atoms with Crippen molar-refractivity contribution in [3.63, 3.8) is 0 Å². The van der Waals surface area contributed by atoms with Crippen LogP contribution in [0.4, 0.5) is 0 Å². The second kappa shape index (κ2) is 13.1. The van der Waals surface area contributed by atoms with Crippen molar-refractivity contribution >= 4 is 30.1 Å². The Kier molecular flexibility index (Phi) is 13.1. The van der Waals surface area contributed by atoms with Crippen molar-refractivity contribution in [3.8, 4) is 0 Å². The Labute approximate surface area is 128 Å². The molecule has 0 spiro atoms. The van der Waals surface area contributed by atoms with E-state index in [1.54, 1.807) is 11.8 Å². The van der Waals surface area contributed by atoms with Gasteiger partial charge in [0.05, 0.1) is 0 Å². The van der Waals surface area contributed by atoms with Gasteiger partial charge in [-0.2, -0.15) is 11.8 Å². The molecular formula is C14H29ClN2OS. The van der Waals surface area contributed by atoms with Gasteiger partial charge in [-0.15, -0.1) is 12.4 Å². The topological polar surface area (TPSA) is 41.1 Å². The Morgan fingerprint density at radius 2 is 1.84 bits per heavy atom. The zero-order chi connectivity index (χ0) is 13.1. The molecule has 1 aliphatic carbocycles. The lowest BCUT2D eigenvalue weighted by molar-refractivity contribution is -0.121. The van der Waals surface area contributed by atoms with E-state index in [1.807, 2.05) is 0 Å². The molecule has 1 aliphatic rings. The smallest absolute Gasteiger partial charge is 0.220 e. The molecule has 1 amide bonds. The zero-order valence-electron chi connectivity index (χ0n) is 12.1. The summed E-state index contributed by atoms with van der Waals surface area (Å²) >= 11 is 1.80. The third kappa shape index (κ3) is 10.5. The first-order chi connectivity index (χ1) is 8.83. The maximum absolute atomic E-state index is 11.5. The van der Waals surface area contributed by atoms with E-state index in [0.717, 1.165) is 25.3 Å². The van der Waals surface area contributed by atoms with Crippen LogP contribution in [0.1, 0.15) is 51.4 Å². The van der Waals surface area contributed by atoms with Gasteiger partial charge in [0.2, 0.25) is 5.91 Å². The molecule has 0 aromatic carbocycles. The largest absolute Gasteiger partial charge is 0.355 e. The van der Waals surface area contributed by atoms with E-state index < -0.39 is 0 Å². The monoisotopic (exact) mass is 308 g/mol. The van der Waals surface area contributed by atoms with Crippen LogP contribution < -0.4 is 10.6 Å². The van der Waals surface area contributed by atoms with E-state index in [2.05, 4.69) is 16.9 Å². The fraction of sp³-hybridized carbons (Fsp3) is 0.929. The summed E-state index contributed by atoms with van der Waals surface area (Å²) in [6, 6.07) is 0.681. The molecule has 1 fully saturated rings. The minimum Gasteiger partial charge on any atom is -0.355 e. The van der Waals surface area contributed by atoms with Crippen LogP contribution in [-0.2, 0) is 4.79 Å². The van der Waals surface area contributed by atoms with Crippen LogP contribution in [0.3, 0.4) is 0 Å². The SMILES string of the molecule is CSCCCC(=O)NCCNC1CCCCCC1.Cl. The number of hydrogen-bond donors (Lipinski definition) is 2. The molecule has 1 rings (SSSR count). The van der Waals surface area contributed by atoms with E-state index in [4.69, 9.17) is 0 Å². The summed E-state index contributed by atoms with van der Waals surface area (Å²) in [5, 5.41) is 6.55. The van der Waals surface area contributed by atoms with Gasteiger partial charge in [0.15, 0.2) is 0 Å². The molecule has 0 saturated heterocycles. The molecule has 1 saturated carbocycles. The van der Waals surface area contributed by atoms with Gasteiger partial charge < -0.3 is 10.6 Å². The van der Waals surface area contributed by atoms with Crippen LogP contribution in [-0.4, -0.2) is 37.0 Å². The quantitative estimate of drug-likeness (QED) is 0.535. The summed E-state index contributed by atoms with van der Waals surface area (Å²) in [5.41, 5.74) is 0. The minimum atomic E-state index is 0. The molecule has 0 atom stereocenters. The Balaban J connectivity index is 0.00000324. The normalized spacial score (nSPS) is 16.5. The summed E-state index contributed by atoms with van der Waals surface area (Å²) in [6.07, 6.45) is 11.9. The lowest BCUT2D eigenvalue weighted by Crippen LogP contribution is -2.36. The van der Waals surface area contributed by atoms with E-state index in [-0.39, 0.29) is 18.3 Å². The summed E-state index contributed by atoms with van der Waals surface area (Å²) in [6.45, 7) is 1.69. The summed E-state index contributed by atoms with van der Waals surface area (Å²) in [7, 11) is 0. The standard InChI is InChI=1S/C14H28N2OS.ClH/c1-18-12-6-9-14(17)16-11-10-15-13-7-4-2-3-5-8-13;/h13,15H,2-12H2,1H3,(H,16,17);1H. The number of halogens is 1. The van der Waals surface area contributed by atoms with Crippen LogP contribution >= 0.6 is 24.2 Å². The third-order valence-electron chi connectivity index (χ3n) is 3.49. The number of carbonyl (C=O) groups excluding carboxylic acids is 1. The van der Waals surface area contributed by atoms with Crippen molar-refractivity contribution in [1.82, 2.24) is 10.6 Å². The Bertz CT molecular complexity index is 221. The van der Waals surface area contributed by atoms with Gasteiger partial charge in [0.1, 0.15) is 0 Å². The molecule has 0 unspecified atom stereocenters. The fourth-order valence-corrected chi connectivity index (χ4v) is 2.86. The fourth-order valence-electron chi connectivity index (χ4n) is 2.43. The van der Waals surface area contributed by atoms with Crippen LogP contribution in [0, 0.1) is 0 Å². The summed E-state index contributed by atoms with van der Waals surface area (Å²) < 4.78 is 0. The second-order valence-electron chi connectivity index (χ2n) is 5.09. The van der Waals surface area contributed by atoms with Gasteiger partial charge in [-0.1, -0.05) is 25.7 Å². The van der Waals surface area contributed by atoms with Gasteiger partial charge in [-0.25, -0.2) is 0 Å². The van der Waals surface area contributed by atoms with Crippen molar-refractivity contribution < 1.29 is 4.79 Å². The molecule has 0 aromatic heterocycles. The molecule has 5 heteroatoms. The van der Waals surface area contributed by atoms with Gasteiger partial charge in [-0.05, 0) is 31.3 Å². The molecule has 0 radical (unpaired) electrons. The van der Waals surface area contributed by atoms with E-state index in [1.165, 1.54) is 38.5 Å². The molecule has 0 heterocycles. The third-order valence-corrected chi connectivity index (χ3v) is 4.18. The average molecular weight is 309 g/mol. The molecule has 0 bridgehead atoms. The number of rotatable bonds is 8. The van der Waals surface area contributed by atoms with Gasteiger partial charge >= 0.3 is 0 Å². The lowest BCUT2D eigenvalue weighted by atomic mass is 10.1. The van der Waals surface area contributed by atoms with Crippen LogP contribution in [0.25, 0.3) is 0 Å². The maximum Gasteiger partial charge on any atom is 0.220 e. The first kappa shape index (κ1) is 19.1. The highest BCUT2D eigenvalue weighted by Gasteiger charge is 2.10. The maximum atomic E-state index is 11.5. The Morgan fingerprint density at radius 3 is 2.47 bits per heavy atom. The number of hydrogen-bond acceptors (Lipinski definition) is 3. The summed E-state index contributed by atoms with van der Waals surface area (Å²) in [4.78, 5) is 11.5. The molecule has 2 N–H and O–H groups in total. The number of amides is 1. The highest BCUT2D eigenvalue weighted by Crippen LogP contribution is 2.16. The molecule has 3 nitrogen and oxygen atoms in total. The van der Waals surface area contributed by atoms with Crippen molar-refractivity contribution in [1.29, 1.82) is 0 Å². The van der Waals surface area contributed by atoms with Crippen molar-refractivity contribution in [2.45, 2.75) is 57.4 Å². The Hall–Kier alpha value is 0.0700. The number of carbonyl (C=O) groups is 1.